The number of benzene rings is 1. The molecule has 1 saturated carbocycles. The van der Waals surface area contributed by atoms with E-state index < -0.39 is 55.2 Å². The van der Waals surface area contributed by atoms with Crippen molar-refractivity contribution < 1.29 is 27.7 Å². The smallest absolute Gasteiger partial charge is 0.281 e. The van der Waals surface area contributed by atoms with E-state index in [2.05, 4.69) is 0 Å². The number of sulfone groups is 1. The third-order valence-electron chi connectivity index (χ3n) is 4.50. The van der Waals surface area contributed by atoms with E-state index in [9.17, 15) is 32.9 Å². The molecule has 0 aliphatic heterocycles. The van der Waals surface area contributed by atoms with E-state index >= 15 is 0 Å². The maximum absolute atomic E-state index is 12.7. The van der Waals surface area contributed by atoms with Crippen LogP contribution < -0.4 is 0 Å². The van der Waals surface area contributed by atoms with E-state index in [0.717, 1.165) is 24.5 Å². The molecule has 9 heteroatoms. The summed E-state index contributed by atoms with van der Waals surface area (Å²) in [6.45, 7) is 0. The predicted octanol–water partition coefficient (Wildman–Crippen LogP) is 1.29. The van der Waals surface area contributed by atoms with Crippen LogP contribution in [0.1, 0.15) is 23.2 Å². The van der Waals surface area contributed by atoms with Crippen LogP contribution in [0.4, 0.5) is 5.69 Å². The second-order valence-corrected chi connectivity index (χ2v) is 8.15. The zero-order valence-electron chi connectivity index (χ0n) is 13.1. The first-order chi connectivity index (χ1) is 11.6. The lowest BCUT2D eigenvalue weighted by Gasteiger charge is -2.22. The molecule has 1 aromatic rings. The molecule has 0 amide bonds. The minimum atomic E-state index is -3.71. The van der Waals surface area contributed by atoms with Crippen LogP contribution >= 0.6 is 0 Å². The number of rotatable bonds is 4. The first-order valence-corrected chi connectivity index (χ1v) is 9.30. The van der Waals surface area contributed by atoms with Gasteiger partial charge < -0.3 is 0 Å². The van der Waals surface area contributed by atoms with E-state index in [1.165, 1.54) is 0 Å². The van der Waals surface area contributed by atoms with Crippen LogP contribution in [-0.4, -0.2) is 36.9 Å². The van der Waals surface area contributed by atoms with Crippen LogP contribution in [-0.2, 0) is 19.4 Å². The predicted molar refractivity (Wildman–Crippen MR) is 84.8 cm³/mol. The largest absolute Gasteiger partial charge is 0.298 e. The van der Waals surface area contributed by atoms with E-state index in [4.69, 9.17) is 0 Å². The monoisotopic (exact) mass is 363 g/mol. The fourth-order valence-electron chi connectivity index (χ4n) is 3.19. The molecule has 3 rings (SSSR count). The molecular weight excluding hydrogens is 350 g/mol. The van der Waals surface area contributed by atoms with Gasteiger partial charge in [-0.3, -0.25) is 24.5 Å². The summed E-state index contributed by atoms with van der Waals surface area (Å²) in [6, 6.07) is 2.82. The maximum Gasteiger partial charge on any atom is 0.281 e. The fourth-order valence-corrected chi connectivity index (χ4v) is 3.83. The average Bonchev–Trinajstić information content (AvgIpc) is 2.98. The Morgan fingerprint density at radius 3 is 2.56 bits per heavy atom. The first kappa shape index (κ1) is 17.2. The Hall–Kier alpha value is -2.68. The molecule has 2 aliphatic rings. The molecule has 25 heavy (non-hydrogen) atoms. The number of nitrogens with zero attached hydrogens (tertiary/aromatic N) is 1. The molecule has 2 atom stereocenters. The quantitative estimate of drug-likeness (QED) is 0.341. The van der Waals surface area contributed by atoms with Gasteiger partial charge in [-0.15, -0.1) is 0 Å². The average molecular weight is 363 g/mol. The summed E-state index contributed by atoms with van der Waals surface area (Å²) >= 11 is 0. The first-order valence-electron chi connectivity index (χ1n) is 7.41. The Bertz CT molecular complexity index is 974. The molecular formula is C16H13NO7S. The molecule has 1 fully saturated rings. The highest BCUT2D eigenvalue weighted by molar-refractivity contribution is 7.90. The minimum absolute atomic E-state index is 0.302. The molecule has 2 aliphatic carbocycles. The van der Waals surface area contributed by atoms with Crippen molar-refractivity contribution in [3.63, 3.8) is 0 Å². The molecule has 0 heterocycles. The number of fused-ring (bicyclic) bond motifs is 2. The molecule has 0 aromatic heterocycles. The molecule has 130 valence electrons. The molecule has 1 aromatic carbocycles. The lowest BCUT2D eigenvalue weighted by molar-refractivity contribution is -0.385. The number of Topliss-reactive ketones (excluding diaryl/α,β-unsaturated/α-hetero) is 3. The van der Waals surface area contributed by atoms with Gasteiger partial charge in [0, 0.05) is 18.2 Å². The fraction of sp³-hybridized carbons (Fsp3) is 0.312. The number of ketones is 3. The lowest BCUT2D eigenvalue weighted by Crippen LogP contribution is -2.39. The van der Waals surface area contributed by atoms with E-state index in [-0.39, 0.29) is 4.90 Å². The van der Waals surface area contributed by atoms with Gasteiger partial charge in [-0.05, 0) is 30.5 Å². The molecule has 2 bridgehead atoms. The van der Waals surface area contributed by atoms with E-state index in [0.29, 0.717) is 18.4 Å². The van der Waals surface area contributed by atoms with Crippen LogP contribution in [0.5, 0.6) is 0 Å². The normalized spacial score (nSPS) is 22.7. The third kappa shape index (κ3) is 2.80. The summed E-state index contributed by atoms with van der Waals surface area (Å²) in [4.78, 5) is 47.5. The van der Waals surface area contributed by atoms with E-state index in [1.54, 1.807) is 6.08 Å². The van der Waals surface area contributed by atoms with Crippen molar-refractivity contribution in [3.8, 4) is 0 Å². The summed E-state index contributed by atoms with van der Waals surface area (Å²) in [6.07, 6.45) is 3.20. The van der Waals surface area contributed by atoms with Gasteiger partial charge in [0.15, 0.2) is 27.2 Å². The van der Waals surface area contributed by atoms with Crippen LogP contribution in [0.3, 0.4) is 0 Å². The zero-order valence-corrected chi connectivity index (χ0v) is 13.9. The number of hydrogen-bond donors (Lipinski definition) is 0. The molecule has 8 nitrogen and oxygen atoms in total. The highest BCUT2D eigenvalue weighted by Gasteiger charge is 2.47. The van der Waals surface area contributed by atoms with Crippen LogP contribution in [0, 0.1) is 22.0 Å². The number of carbonyl (C=O) groups is 3. The summed E-state index contributed by atoms with van der Waals surface area (Å²) in [5.41, 5.74) is -0.773. The van der Waals surface area contributed by atoms with E-state index in [1.807, 2.05) is 0 Å². The van der Waals surface area contributed by atoms with Crippen molar-refractivity contribution in [2.24, 2.45) is 11.8 Å². The lowest BCUT2D eigenvalue weighted by atomic mass is 9.76. The van der Waals surface area contributed by atoms with Crippen molar-refractivity contribution in [1.29, 1.82) is 0 Å². The van der Waals surface area contributed by atoms with Gasteiger partial charge in [0.2, 0.25) is 0 Å². The van der Waals surface area contributed by atoms with Gasteiger partial charge in [0.05, 0.1) is 15.4 Å². The van der Waals surface area contributed by atoms with Gasteiger partial charge in [-0.1, -0.05) is 6.08 Å². The number of nitro groups is 1. The number of nitro benzene ring substituents is 1. The molecule has 0 radical (unpaired) electrons. The van der Waals surface area contributed by atoms with Crippen molar-refractivity contribution in [2.45, 2.75) is 17.7 Å². The molecule has 0 saturated heterocycles. The number of allylic oxidation sites excluding steroid dienone is 2. The standard InChI is InChI=1S/C16H13NO7S/c1-25(23,24)10-4-5-11(12(7-10)17(21)22)16(20)13-14(18)8-2-3-9(6-8)15(13)19/h2,4-5,7,9,13H,3,6H2,1H3. The van der Waals surface area contributed by atoms with Crippen molar-refractivity contribution in [3.05, 3.63) is 45.5 Å². The van der Waals surface area contributed by atoms with Crippen molar-refractivity contribution in [1.82, 2.24) is 0 Å². The van der Waals surface area contributed by atoms with Crippen LogP contribution in [0.15, 0.2) is 34.7 Å². The van der Waals surface area contributed by atoms with Crippen molar-refractivity contribution in [2.75, 3.05) is 6.26 Å². The summed E-state index contributed by atoms with van der Waals surface area (Å²) in [5.74, 6) is -4.15. The maximum atomic E-state index is 12.7. The molecule has 0 N–H and O–H groups in total. The van der Waals surface area contributed by atoms with Crippen molar-refractivity contribution >= 4 is 32.9 Å². The summed E-state index contributed by atoms with van der Waals surface area (Å²) in [5, 5.41) is 11.3. The van der Waals surface area contributed by atoms with Gasteiger partial charge in [-0.2, -0.15) is 0 Å². The highest BCUT2D eigenvalue weighted by atomic mass is 32.2. The second kappa shape index (κ2) is 5.69. The van der Waals surface area contributed by atoms with Gasteiger partial charge in [-0.25, -0.2) is 8.42 Å². The Labute approximate surface area is 142 Å². The Balaban J connectivity index is 2.08. The SMILES string of the molecule is CS(=O)(=O)c1ccc(C(=O)C2C(=O)C3=CCC(C3)C2=O)c([N+](=O)[O-])c1. The Morgan fingerprint density at radius 2 is 1.96 bits per heavy atom. The van der Waals surface area contributed by atoms with Crippen LogP contribution in [0.25, 0.3) is 0 Å². The van der Waals surface area contributed by atoms with Crippen LogP contribution in [0.2, 0.25) is 0 Å². The number of carbonyl (C=O) groups excluding carboxylic acids is 3. The number of hydrogen-bond acceptors (Lipinski definition) is 7. The molecule has 0 spiro atoms. The molecule has 2 unspecified atom stereocenters. The summed E-state index contributed by atoms with van der Waals surface area (Å²) < 4.78 is 23.1. The minimum Gasteiger partial charge on any atom is -0.298 e. The Kier molecular flexibility index (Phi) is 3.91. The zero-order chi connectivity index (χ0) is 18.5. The Morgan fingerprint density at radius 1 is 1.28 bits per heavy atom. The topological polar surface area (TPSA) is 128 Å². The highest BCUT2D eigenvalue weighted by Crippen LogP contribution is 2.38. The van der Waals surface area contributed by atoms with Gasteiger partial charge in [0.25, 0.3) is 5.69 Å². The van der Waals surface area contributed by atoms with Gasteiger partial charge in [0.1, 0.15) is 5.92 Å². The third-order valence-corrected chi connectivity index (χ3v) is 5.61. The second-order valence-electron chi connectivity index (χ2n) is 6.14. The van der Waals surface area contributed by atoms with Gasteiger partial charge >= 0.3 is 0 Å². The summed E-state index contributed by atoms with van der Waals surface area (Å²) in [7, 11) is -3.71.